The molecule has 1 fully saturated rings. The van der Waals surface area contributed by atoms with Gasteiger partial charge in [0.05, 0.1) is 11.4 Å². The highest BCUT2D eigenvalue weighted by atomic mass is 32.2. The van der Waals surface area contributed by atoms with E-state index in [4.69, 9.17) is 4.42 Å². The molecule has 124 valence electrons. The summed E-state index contributed by atoms with van der Waals surface area (Å²) in [5.74, 6) is 0.122. The molecule has 0 spiro atoms. The number of nitrogens with zero attached hydrogens (tertiary/aromatic N) is 1. The van der Waals surface area contributed by atoms with Crippen LogP contribution < -0.4 is 0 Å². The van der Waals surface area contributed by atoms with Gasteiger partial charge in [0.2, 0.25) is 10.0 Å². The van der Waals surface area contributed by atoms with Crippen LogP contribution in [-0.2, 0) is 16.6 Å². The molecular formula is C16H17F2NO3S. The second-order valence-electron chi connectivity index (χ2n) is 5.96. The minimum Gasteiger partial charge on any atom is -0.464 e. The third-order valence-electron chi connectivity index (χ3n) is 4.14. The maximum Gasteiger partial charge on any atom is 0.243 e. The Morgan fingerprint density at radius 3 is 2.52 bits per heavy atom. The van der Waals surface area contributed by atoms with Crippen molar-refractivity contribution in [3.63, 3.8) is 0 Å². The molecule has 1 heterocycles. The normalized spacial score (nSPS) is 20.9. The second-order valence-corrected chi connectivity index (χ2v) is 8.01. The molecule has 1 aliphatic rings. The minimum absolute atomic E-state index is 0.0302. The summed E-state index contributed by atoms with van der Waals surface area (Å²) in [5, 5.41) is 0. The van der Waals surface area contributed by atoms with Gasteiger partial charge in [-0.2, -0.15) is 4.31 Å². The van der Waals surface area contributed by atoms with Crippen molar-refractivity contribution < 1.29 is 21.6 Å². The first kappa shape index (κ1) is 16.1. The summed E-state index contributed by atoms with van der Waals surface area (Å²) in [6, 6.07) is 6.14. The zero-order valence-corrected chi connectivity index (χ0v) is 13.6. The molecule has 1 aromatic carbocycles. The van der Waals surface area contributed by atoms with Gasteiger partial charge in [-0.1, -0.05) is 6.92 Å². The van der Waals surface area contributed by atoms with Gasteiger partial charge in [-0.25, -0.2) is 17.2 Å². The van der Waals surface area contributed by atoms with E-state index in [9.17, 15) is 17.2 Å². The first-order valence-electron chi connectivity index (χ1n) is 7.29. The van der Waals surface area contributed by atoms with Crippen LogP contribution in [0.15, 0.2) is 39.6 Å². The fourth-order valence-corrected chi connectivity index (χ4v) is 3.67. The van der Waals surface area contributed by atoms with E-state index in [1.165, 1.54) is 7.05 Å². The fourth-order valence-electron chi connectivity index (χ4n) is 2.52. The first-order chi connectivity index (χ1) is 10.8. The summed E-state index contributed by atoms with van der Waals surface area (Å²) in [6.45, 7) is 2.16. The molecule has 1 aliphatic carbocycles. The Labute approximate surface area is 133 Å². The Kier molecular flexibility index (Phi) is 4.01. The predicted molar refractivity (Wildman–Crippen MR) is 80.2 cm³/mol. The lowest BCUT2D eigenvalue weighted by Crippen LogP contribution is -2.26. The van der Waals surface area contributed by atoms with Gasteiger partial charge in [0.15, 0.2) is 11.6 Å². The van der Waals surface area contributed by atoms with Crippen LogP contribution >= 0.6 is 0 Å². The van der Waals surface area contributed by atoms with Crippen molar-refractivity contribution in [2.75, 3.05) is 7.05 Å². The molecular weight excluding hydrogens is 324 g/mol. The molecule has 1 saturated carbocycles. The molecule has 0 unspecified atom stereocenters. The minimum atomic E-state index is -3.92. The maximum absolute atomic E-state index is 13.3. The molecule has 7 heteroatoms. The number of benzene rings is 1. The number of hydrogen-bond acceptors (Lipinski definition) is 3. The van der Waals surface area contributed by atoms with Gasteiger partial charge in [-0.3, -0.25) is 0 Å². The molecule has 0 N–H and O–H groups in total. The maximum atomic E-state index is 13.3. The molecule has 0 amide bonds. The summed E-state index contributed by atoms with van der Waals surface area (Å²) in [4.78, 5) is -0.290. The standard InChI is InChI=1S/C16H17F2NO3S/c1-10-7-13(10)16-6-3-11(22-16)9-19(2)23(20,21)12-4-5-14(17)15(18)8-12/h3-6,8,10,13H,7,9H2,1-2H3/t10-,13-/m0/s1. The lowest BCUT2D eigenvalue weighted by atomic mass is 10.3. The number of halogens is 2. The van der Waals surface area contributed by atoms with E-state index < -0.39 is 21.7 Å². The Bertz CT molecular complexity index is 832. The highest BCUT2D eigenvalue weighted by molar-refractivity contribution is 7.89. The van der Waals surface area contributed by atoms with E-state index in [0.29, 0.717) is 23.7 Å². The van der Waals surface area contributed by atoms with Crippen LogP contribution in [-0.4, -0.2) is 19.8 Å². The van der Waals surface area contributed by atoms with Crippen LogP contribution in [0.5, 0.6) is 0 Å². The quantitative estimate of drug-likeness (QED) is 0.836. The third-order valence-corrected chi connectivity index (χ3v) is 5.93. The molecule has 0 aliphatic heterocycles. The van der Waals surface area contributed by atoms with Crippen LogP contribution in [0.1, 0.15) is 30.8 Å². The van der Waals surface area contributed by atoms with Crippen molar-refractivity contribution >= 4 is 10.0 Å². The highest BCUT2D eigenvalue weighted by Crippen LogP contribution is 2.47. The van der Waals surface area contributed by atoms with Gasteiger partial charge in [-0.15, -0.1) is 0 Å². The van der Waals surface area contributed by atoms with Crippen molar-refractivity contribution in [1.82, 2.24) is 4.31 Å². The van der Waals surface area contributed by atoms with Crippen molar-refractivity contribution in [3.05, 3.63) is 53.5 Å². The van der Waals surface area contributed by atoms with Crippen LogP contribution in [0.25, 0.3) is 0 Å². The fraction of sp³-hybridized carbons (Fsp3) is 0.375. The van der Waals surface area contributed by atoms with E-state index in [0.717, 1.165) is 28.6 Å². The van der Waals surface area contributed by atoms with Gasteiger partial charge in [0.25, 0.3) is 0 Å². The topological polar surface area (TPSA) is 50.5 Å². The van der Waals surface area contributed by atoms with Crippen molar-refractivity contribution in [3.8, 4) is 0 Å². The number of rotatable bonds is 5. The molecule has 1 aromatic heterocycles. The number of hydrogen-bond donors (Lipinski definition) is 0. The van der Waals surface area contributed by atoms with E-state index in [2.05, 4.69) is 6.92 Å². The smallest absolute Gasteiger partial charge is 0.243 e. The summed E-state index contributed by atoms with van der Waals surface area (Å²) >= 11 is 0. The zero-order chi connectivity index (χ0) is 16.8. The van der Waals surface area contributed by atoms with E-state index in [1.807, 2.05) is 6.07 Å². The van der Waals surface area contributed by atoms with E-state index >= 15 is 0 Å². The van der Waals surface area contributed by atoms with Crippen LogP contribution in [0.4, 0.5) is 8.78 Å². The average Bonchev–Trinajstić information content (AvgIpc) is 3.04. The van der Waals surface area contributed by atoms with E-state index in [-0.39, 0.29) is 11.4 Å². The lowest BCUT2D eigenvalue weighted by Gasteiger charge is -2.16. The summed E-state index contributed by atoms with van der Waals surface area (Å²) in [7, 11) is -2.54. The summed E-state index contributed by atoms with van der Waals surface area (Å²) in [6.07, 6.45) is 1.08. The van der Waals surface area contributed by atoms with Gasteiger partial charge in [0, 0.05) is 13.0 Å². The number of sulfonamides is 1. The summed E-state index contributed by atoms with van der Waals surface area (Å²) in [5.41, 5.74) is 0. The van der Waals surface area contributed by atoms with Gasteiger partial charge in [0.1, 0.15) is 11.5 Å². The molecule has 0 bridgehead atoms. The average molecular weight is 341 g/mol. The van der Waals surface area contributed by atoms with Crippen LogP contribution in [0.3, 0.4) is 0 Å². The van der Waals surface area contributed by atoms with Crippen molar-refractivity contribution in [1.29, 1.82) is 0 Å². The third kappa shape index (κ3) is 3.16. The van der Waals surface area contributed by atoms with Crippen molar-refractivity contribution in [2.45, 2.75) is 30.7 Å². The molecule has 0 saturated heterocycles. The molecule has 2 atom stereocenters. The Hall–Kier alpha value is -1.73. The van der Waals surface area contributed by atoms with Gasteiger partial charge < -0.3 is 4.42 Å². The first-order valence-corrected chi connectivity index (χ1v) is 8.73. The SMILES string of the molecule is C[C@H]1C[C@@H]1c1ccc(CN(C)S(=O)(=O)c2ccc(F)c(F)c2)o1. The van der Waals surface area contributed by atoms with Gasteiger partial charge >= 0.3 is 0 Å². The summed E-state index contributed by atoms with van der Waals surface area (Å²) < 4.78 is 57.7. The van der Waals surface area contributed by atoms with Crippen molar-refractivity contribution in [2.24, 2.45) is 5.92 Å². The molecule has 0 radical (unpaired) electrons. The van der Waals surface area contributed by atoms with E-state index in [1.54, 1.807) is 6.07 Å². The Morgan fingerprint density at radius 2 is 1.91 bits per heavy atom. The van der Waals surface area contributed by atoms with Crippen LogP contribution in [0.2, 0.25) is 0 Å². The lowest BCUT2D eigenvalue weighted by molar-refractivity contribution is 0.389. The van der Waals surface area contributed by atoms with Gasteiger partial charge in [-0.05, 0) is 42.7 Å². The monoisotopic (exact) mass is 341 g/mol. The Morgan fingerprint density at radius 1 is 1.22 bits per heavy atom. The molecule has 2 aromatic rings. The van der Waals surface area contributed by atoms with Crippen LogP contribution in [0, 0.1) is 17.6 Å². The Balaban J connectivity index is 1.77. The molecule has 3 rings (SSSR count). The molecule has 23 heavy (non-hydrogen) atoms. The largest absolute Gasteiger partial charge is 0.464 e. The number of furan rings is 1. The highest BCUT2D eigenvalue weighted by Gasteiger charge is 2.36. The zero-order valence-electron chi connectivity index (χ0n) is 12.8. The molecule has 4 nitrogen and oxygen atoms in total. The predicted octanol–water partition coefficient (Wildman–Crippen LogP) is 3.50. The second kappa shape index (κ2) is 5.72.